The highest BCUT2D eigenvalue weighted by molar-refractivity contribution is 5.85. The zero-order valence-electron chi connectivity index (χ0n) is 10.9. The van der Waals surface area contributed by atoms with Gasteiger partial charge in [0.2, 0.25) is 5.91 Å². The van der Waals surface area contributed by atoms with E-state index < -0.39 is 0 Å². The van der Waals surface area contributed by atoms with E-state index in [0.717, 1.165) is 32.0 Å². The van der Waals surface area contributed by atoms with Crippen LogP contribution in [0.25, 0.3) is 0 Å². The maximum atomic E-state index is 12.2. The summed E-state index contributed by atoms with van der Waals surface area (Å²) in [4.78, 5) is 14.2. The molecule has 100 valence electrons. The number of piperazine rings is 1. The Morgan fingerprint density at radius 3 is 2.71 bits per heavy atom. The van der Waals surface area contributed by atoms with Crippen LogP contribution in [0.3, 0.4) is 0 Å². The van der Waals surface area contributed by atoms with Crippen molar-refractivity contribution in [2.24, 2.45) is 11.8 Å². The van der Waals surface area contributed by atoms with Crippen LogP contribution in [0.4, 0.5) is 0 Å². The number of amides is 1. The van der Waals surface area contributed by atoms with Crippen molar-refractivity contribution in [3.63, 3.8) is 0 Å². The highest BCUT2D eigenvalue weighted by atomic mass is 35.5. The number of halogens is 1. The summed E-state index contributed by atoms with van der Waals surface area (Å²) in [6.07, 6.45) is 4.61. The van der Waals surface area contributed by atoms with Gasteiger partial charge in [-0.25, -0.2) is 0 Å². The first-order valence-corrected chi connectivity index (χ1v) is 6.67. The summed E-state index contributed by atoms with van der Waals surface area (Å²) in [6.45, 7) is 7.24. The predicted molar refractivity (Wildman–Crippen MR) is 72.4 cm³/mol. The number of carbonyl (C=O) groups is 1. The normalized spacial score (nSPS) is 33.3. The van der Waals surface area contributed by atoms with E-state index in [-0.39, 0.29) is 12.4 Å². The van der Waals surface area contributed by atoms with E-state index in [2.05, 4.69) is 24.1 Å². The Labute approximate surface area is 111 Å². The first-order chi connectivity index (χ1) is 7.66. The molecule has 1 saturated heterocycles. The van der Waals surface area contributed by atoms with Crippen molar-refractivity contribution in [3.05, 3.63) is 0 Å². The predicted octanol–water partition coefficient (Wildman–Crippen LogP) is 2.05. The Morgan fingerprint density at radius 2 is 2.12 bits per heavy atom. The Bertz CT molecular complexity index is 260. The van der Waals surface area contributed by atoms with Crippen LogP contribution >= 0.6 is 12.4 Å². The molecule has 1 saturated carbocycles. The van der Waals surface area contributed by atoms with Crippen molar-refractivity contribution in [3.8, 4) is 0 Å². The number of rotatable bonds is 2. The molecule has 2 fully saturated rings. The summed E-state index contributed by atoms with van der Waals surface area (Å²) in [5.41, 5.74) is 0. The summed E-state index contributed by atoms with van der Waals surface area (Å²) >= 11 is 0. The first-order valence-electron chi connectivity index (χ1n) is 6.67. The van der Waals surface area contributed by atoms with Gasteiger partial charge in [0.1, 0.15) is 0 Å². The second kappa shape index (κ2) is 6.60. The quantitative estimate of drug-likeness (QED) is 0.824. The van der Waals surface area contributed by atoms with Gasteiger partial charge >= 0.3 is 0 Å². The van der Waals surface area contributed by atoms with Gasteiger partial charge in [0, 0.05) is 32.1 Å². The first kappa shape index (κ1) is 14.8. The van der Waals surface area contributed by atoms with Crippen molar-refractivity contribution in [1.82, 2.24) is 10.2 Å². The van der Waals surface area contributed by atoms with Crippen LogP contribution in [0.1, 0.15) is 39.5 Å². The molecule has 0 aromatic rings. The lowest BCUT2D eigenvalue weighted by atomic mass is 10.0. The Morgan fingerprint density at radius 1 is 1.35 bits per heavy atom. The van der Waals surface area contributed by atoms with Crippen molar-refractivity contribution in [1.29, 1.82) is 0 Å². The lowest BCUT2D eigenvalue weighted by Crippen LogP contribution is -2.52. The van der Waals surface area contributed by atoms with E-state index in [4.69, 9.17) is 0 Å². The second-order valence-electron chi connectivity index (χ2n) is 5.63. The van der Waals surface area contributed by atoms with Gasteiger partial charge in [-0.2, -0.15) is 0 Å². The molecular weight excluding hydrogens is 236 g/mol. The maximum Gasteiger partial charge on any atom is 0.223 e. The molecule has 1 aliphatic heterocycles. The minimum Gasteiger partial charge on any atom is -0.337 e. The Kier molecular flexibility index (Phi) is 5.74. The van der Waals surface area contributed by atoms with E-state index >= 15 is 0 Å². The SMILES string of the molecule is CC1CCC(CC(=O)N2CCNC[C@H]2C)C1.Cl. The molecule has 0 aromatic heterocycles. The zero-order chi connectivity index (χ0) is 11.5. The molecule has 2 aliphatic rings. The average molecular weight is 261 g/mol. The van der Waals surface area contributed by atoms with Gasteiger partial charge in [-0.3, -0.25) is 4.79 Å². The van der Waals surface area contributed by atoms with E-state index in [0.29, 0.717) is 17.9 Å². The number of hydrogen-bond donors (Lipinski definition) is 1. The molecule has 0 radical (unpaired) electrons. The van der Waals surface area contributed by atoms with Crippen molar-refractivity contribution in [2.45, 2.75) is 45.6 Å². The van der Waals surface area contributed by atoms with Gasteiger partial charge in [0.25, 0.3) is 0 Å². The van der Waals surface area contributed by atoms with Crippen LogP contribution in [0.5, 0.6) is 0 Å². The molecule has 17 heavy (non-hydrogen) atoms. The topological polar surface area (TPSA) is 32.3 Å². The van der Waals surface area contributed by atoms with Crippen LogP contribution in [0, 0.1) is 11.8 Å². The zero-order valence-corrected chi connectivity index (χ0v) is 11.8. The standard InChI is InChI=1S/C13H24N2O.ClH/c1-10-3-4-12(7-10)8-13(16)15-6-5-14-9-11(15)2;/h10-12,14H,3-9H2,1-2H3;1H/t10?,11-,12?;/m1./s1. The largest absolute Gasteiger partial charge is 0.337 e. The highest BCUT2D eigenvalue weighted by Crippen LogP contribution is 2.33. The van der Waals surface area contributed by atoms with Crippen molar-refractivity contribution in [2.75, 3.05) is 19.6 Å². The number of nitrogens with one attached hydrogen (secondary N) is 1. The molecular formula is C13H25ClN2O. The molecule has 0 spiro atoms. The maximum absolute atomic E-state index is 12.2. The smallest absolute Gasteiger partial charge is 0.223 e. The Hall–Kier alpha value is -0.280. The van der Waals surface area contributed by atoms with Gasteiger partial charge in [-0.05, 0) is 31.6 Å². The molecule has 2 rings (SSSR count). The van der Waals surface area contributed by atoms with Crippen LogP contribution in [0.2, 0.25) is 0 Å². The molecule has 4 heteroatoms. The van der Waals surface area contributed by atoms with Crippen LogP contribution in [0.15, 0.2) is 0 Å². The van der Waals surface area contributed by atoms with Gasteiger partial charge in [-0.15, -0.1) is 12.4 Å². The molecule has 2 unspecified atom stereocenters. The molecule has 3 nitrogen and oxygen atoms in total. The average Bonchev–Trinajstić information content (AvgIpc) is 2.64. The molecule has 0 bridgehead atoms. The molecule has 1 N–H and O–H groups in total. The number of nitrogens with zero attached hydrogens (tertiary/aromatic N) is 1. The molecule has 1 heterocycles. The van der Waals surface area contributed by atoms with Gasteiger partial charge in [-0.1, -0.05) is 13.3 Å². The molecule has 1 amide bonds. The molecule has 1 aliphatic carbocycles. The third-order valence-corrected chi connectivity index (χ3v) is 4.09. The van der Waals surface area contributed by atoms with Gasteiger partial charge in [0.05, 0.1) is 0 Å². The fourth-order valence-corrected chi connectivity index (χ4v) is 3.09. The lowest BCUT2D eigenvalue weighted by Gasteiger charge is -2.34. The van der Waals surface area contributed by atoms with Crippen molar-refractivity contribution >= 4 is 18.3 Å². The Balaban J connectivity index is 0.00000144. The van der Waals surface area contributed by atoms with Crippen molar-refractivity contribution < 1.29 is 4.79 Å². The monoisotopic (exact) mass is 260 g/mol. The van der Waals surface area contributed by atoms with Gasteiger partial charge < -0.3 is 10.2 Å². The fourth-order valence-electron chi connectivity index (χ4n) is 3.09. The molecule has 0 aromatic carbocycles. The van der Waals surface area contributed by atoms with Gasteiger partial charge in [0.15, 0.2) is 0 Å². The second-order valence-corrected chi connectivity index (χ2v) is 5.63. The third-order valence-electron chi connectivity index (χ3n) is 4.09. The van der Waals surface area contributed by atoms with Crippen LogP contribution in [-0.4, -0.2) is 36.5 Å². The lowest BCUT2D eigenvalue weighted by molar-refractivity contribution is -0.134. The minimum atomic E-state index is 0. The van der Waals surface area contributed by atoms with Crippen LogP contribution in [-0.2, 0) is 4.79 Å². The number of carbonyl (C=O) groups excluding carboxylic acids is 1. The van der Waals surface area contributed by atoms with E-state index in [1.807, 2.05) is 0 Å². The molecule has 3 atom stereocenters. The fraction of sp³-hybridized carbons (Fsp3) is 0.923. The summed E-state index contributed by atoms with van der Waals surface area (Å²) in [5, 5.41) is 3.33. The van der Waals surface area contributed by atoms with E-state index in [1.165, 1.54) is 19.3 Å². The summed E-state index contributed by atoms with van der Waals surface area (Å²) < 4.78 is 0. The highest BCUT2D eigenvalue weighted by Gasteiger charge is 2.28. The van der Waals surface area contributed by atoms with E-state index in [9.17, 15) is 4.79 Å². The third kappa shape index (κ3) is 3.85. The summed E-state index contributed by atoms with van der Waals surface area (Å²) in [6, 6.07) is 0.375. The van der Waals surface area contributed by atoms with Crippen LogP contribution < -0.4 is 5.32 Å². The minimum absolute atomic E-state index is 0. The summed E-state index contributed by atoms with van der Waals surface area (Å²) in [7, 11) is 0. The van der Waals surface area contributed by atoms with E-state index in [1.54, 1.807) is 0 Å². The summed E-state index contributed by atoms with van der Waals surface area (Å²) in [5.74, 6) is 1.87. The number of hydrogen-bond acceptors (Lipinski definition) is 2.